The molecule has 1 aliphatic carbocycles. The highest BCUT2D eigenvalue weighted by Crippen LogP contribution is 2.30. The van der Waals surface area contributed by atoms with Gasteiger partial charge in [-0.1, -0.05) is 42.1 Å². The first-order valence-electron chi connectivity index (χ1n) is 8.12. The van der Waals surface area contributed by atoms with Crippen molar-refractivity contribution in [1.82, 2.24) is 4.90 Å². The van der Waals surface area contributed by atoms with E-state index in [1.807, 2.05) is 30.0 Å². The molecule has 3 rings (SSSR count). The van der Waals surface area contributed by atoms with Crippen molar-refractivity contribution in [1.29, 1.82) is 0 Å². The van der Waals surface area contributed by atoms with E-state index in [2.05, 4.69) is 4.90 Å². The zero-order chi connectivity index (χ0) is 15.4. The second-order valence-electron chi connectivity index (χ2n) is 6.06. The van der Waals surface area contributed by atoms with Crippen LogP contribution in [0.25, 0.3) is 0 Å². The first-order chi connectivity index (χ1) is 10.8. The average Bonchev–Trinajstić information content (AvgIpc) is 3.05. The van der Waals surface area contributed by atoms with Crippen LogP contribution < -0.4 is 0 Å². The lowest BCUT2D eigenvalue weighted by Crippen LogP contribution is -2.45. The molecule has 122 valence electrons. The Balaban J connectivity index is 1.55. The van der Waals surface area contributed by atoms with E-state index >= 15 is 0 Å². The van der Waals surface area contributed by atoms with Gasteiger partial charge in [0.1, 0.15) is 0 Å². The van der Waals surface area contributed by atoms with Crippen molar-refractivity contribution in [3.63, 3.8) is 0 Å². The summed E-state index contributed by atoms with van der Waals surface area (Å²) in [6.07, 6.45) is 6.24. The predicted octanol–water partition coefficient (Wildman–Crippen LogP) is 4.87. The summed E-state index contributed by atoms with van der Waals surface area (Å²) in [6.45, 7) is 1.91. The van der Waals surface area contributed by atoms with E-state index in [1.54, 1.807) is 0 Å². The van der Waals surface area contributed by atoms with Crippen molar-refractivity contribution >= 4 is 35.0 Å². The second-order valence-corrected chi connectivity index (χ2v) is 7.95. The van der Waals surface area contributed by atoms with Gasteiger partial charge in [-0.25, -0.2) is 0 Å². The minimum Gasteiger partial charge on any atom is -0.376 e. The molecule has 22 heavy (non-hydrogen) atoms. The molecule has 0 aromatic heterocycles. The quantitative estimate of drug-likeness (QED) is 0.743. The molecule has 0 bridgehead atoms. The van der Waals surface area contributed by atoms with Gasteiger partial charge in [-0.2, -0.15) is 0 Å². The summed E-state index contributed by atoms with van der Waals surface area (Å²) in [5, 5.41) is 1.49. The molecule has 2 nitrogen and oxygen atoms in total. The molecule has 0 amide bonds. The van der Waals surface area contributed by atoms with Crippen LogP contribution in [0.3, 0.4) is 0 Å². The zero-order valence-electron chi connectivity index (χ0n) is 12.8. The van der Waals surface area contributed by atoms with Crippen molar-refractivity contribution < 1.29 is 4.74 Å². The van der Waals surface area contributed by atoms with Crippen LogP contribution in [0, 0.1) is 0 Å². The summed E-state index contributed by atoms with van der Waals surface area (Å²) in [4.78, 5) is 2.61. The highest BCUT2D eigenvalue weighted by molar-refractivity contribution is 7.99. The average molecular weight is 360 g/mol. The van der Waals surface area contributed by atoms with Crippen LogP contribution in [0.4, 0.5) is 0 Å². The molecule has 2 fully saturated rings. The fraction of sp³-hybridized carbons (Fsp3) is 0.647. The second kappa shape index (κ2) is 8.25. The summed E-state index contributed by atoms with van der Waals surface area (Å²) in [7, 11) is 0. The fourth-order valence-electron chi connectivity index (χ4n) is 3.46. The molecule has 1 heterocycles. The van der Waals surface area contributed by atoms with Gasteiger partial charge in [0.2, 0.25) is 0 Å². The molecule has 0 unspecified atom stereocenters. The Morgan fingerprint density at radius 3 is 2.68 bits per heavy atom. The number of nitrogens with zero attached hydrogens (tertiary/aromatic N) is 1. The third-order valence-electron chi connectivity index (χ3n) is 4.66. The first kappa shape index (κ1) is 16.9. The summed E-state index contributed by atoms with van der Waals surface area (Å²) in [6, 6.07) is 6.28. The van der Waals surface area contributed by atoms with E-state index in [0.717, 1.165) is 22.0 Å². The number of hydrogen-bond acceptors (Lipinski definition) is 3. The van der Waals surface area contributed by atoms with Gasteiger partial charge in [0.05, 0.1) is 12.7 Å². The van der Waals surface area contributed by atoms with Gasteiger partial charge in [0.25, 0.3) is 0 Å². The number of ether oxygens (including phenoxy) is 1. The normalized spacial score (nSPS) is 26.5. The summed E-state index contributed by atoms with van der Waals surface area (Å²) < 4.78 is 6.25. The maximum atomic E-state index is 6.25. The van der Waals surface area contributed by atoms with Crippen molar-refractivity contribution in [2.24, 2.45) is 0 Å². The van der Waals surface area contributed by atoms with Crippen molar-refractivity contribution in [2.45, 2.75) is 44.2 Å². The number of rotatable bonds is 5. The zero-order valence-corrected chi connectivity index (χ0v) is 15.1. The molecule has 0 spiro atoms. The van der Waals surface area contributed by atoms with E-state index in [4.69, 9.17) is 27.9 Å². The Hall–Kier alpha value is 0.0700. The Labute approximate surface area is 147 Å². The van der Waals surface area contributed by atoms with Gasteiger partial charge in [-0.05, 0) is 37.0 Å². The third kappa shape index (κ3) is 4.12. The Bertz CT molecular complexity index is 473. The lowest BCUT2D eigenvalue weighted by molar-refractivity contribution is -0.0270. The van der Waals surface area contributed by atoms with E-state index < -0.39 is 0 Å². The summed E-state index contributed by atoms with van der Waals surface area (Å²) in [5.74, 6) is 2.43. The number of thioether (sulfide) groups is 1. The SMILES string of the molecule is Clc1cccc(Cl)c1CCO[C@H]1CCCC[C@@H]1N1CCSC1. The van der Waals surface area contributed by atoms with Crippen LogP contribution in [-0.2, 0) is 11.2 Å². The molecule has 0 radical (unpaired) electrons. The Kier molecular flexibility index (Phi) is 6.34. The van der Waals surface area contributed by atoms with Gasteiger partial charge in [-0.3, -0.25) is 4.90 Å². The van der Waals surface area contributed by atoms with Crippen molar-refractivity contribution in [3.05, 3.63) is 33.8 Å². The van der Waals surface area contributed by atoms with Gasteiger partial charge in [0.15, 0.2) is 0 Å². The molecule has 2 atom stereocenters. The smallest absolute Gasteiger partial charge is 0.0730 e. The van der Waals surface area contributed by atoms with E-state index in [1.165, 1.54) is 43.9 Å². The van der Waals surface area contributed by atoms with Crippen LogP contribution >= 0.6 is 35.0 Å². The lowest BCUT2D eigenvalue weighted by Gasteiger charge is -2.37. The molecule has 1 aromatic rings. The van der Waals surface area contributed by atoms with E-state index in [0.29, 0.717) is 18.8 Å². The van der Waals surface area contributed by atoms with E-state index in [-0.39, 0.29) is 0 Å². The molecule has 0 N–H and O–H groups in total. The topological polar surface area (TPSA) is 12.5 Å². The summed E-state index contributed by atoms with van der Waals surface area (Å²) >= 11 is 14.5. The molecule has 1 saturated heterocycles. The van der Waals surface area contributed by atoms with Crippen LogP contribution in [0.2, 0.25) is 10.0 Å². The molecule has 1 aliphatic heterocycles. The standard InChI is InChI=1S/C17H23Cl2NOS/c18-14-4-3-5-15(19)13(14)8-10-21-17-7-2-1-6-16(17)20-9-11-22-12-20/h3-5,16-17H,1-2,6-12H2/t16-,17-/m0/s1. The van der Waals surface area contributed by atoms with Crippen LogP contribution in [0.1, 0.15) is 31.2 Å². The van der Waals surface area contributed by atoms with Gasteiger partial charge < -0.3 is 4.74 Å². The van der Waals surface area contributed by atoms with E-state index in [9.17, 15) is 0 Å². The fourth-order valence-corrected chi connectivity index (χ4v) is 5.10. The van der Waals surface area contributed by atoms with Crippen LogP contribution in [0.5, 0.6) is 0 Å². The largest absolute Gasteiger partial charge is 0.376 e. The maximum absolute atomic E-state index is 6.25. The molecule has 2 aliphatic rings. The Morgan fingerprint density at radius 1 is 1.18 bits per heavy atom. The van der Waals surface area contributed by atoms with Crippen LogP contribution in [0.15, 0.2) is 18.2 Å². The monoisotopic (exact) mass is 359 g/mol. The number of benzene rings is 1. The number of hydrogen-bond donors (Lipinski definition) is 0. The van der Waals surface area contributed by atoms with Gasteiger partial charge in [0, 0.05) is 34.3 Å². The highest BCUT2D eigenvalue weighted by Gasteiger charge is 2.32. The van der Waals surface area contributed by atoms with Crippen molar-refractivity contribution in [2.75, 3.05) is 24.8 Å². The first-order valence-corrected chi connectivity index (χ1v) is 10.0. The molecule has 1 aromatic carbocycles. The van der Waals surface area contributed by atoms with Gasteiger partial charge in [-0.15, -0.1) is 11.8 Å². The highest BCUT2D eigenvalue weighted by atomic mass is 35.5. The molecule has 1 saturated carbocycles. The van der Waals surface area contributed by atoms with Gasteiger partial charge >= 0.3 is 0 Å². The third-order valence-corrected chi connectivity index (χ3v) is 6.36. The minimum atomic E-state index is 0.369. The van der Waals surface area contributed by atoms with Crippen LogP contribution in [-0.4, -0.2) is 41.8 Å². The maximum Gasteiger partial charge on any atom is 0.0730 e. The minimum absolute atomic E-state index is 0.369. The predicted molar refractivity (Wildman–Crippen MR) is 96.2 cm³/mol. The lowest BCUT2D eigenvalue weighted by atomic mass is 9.91. The molecular weight excluding hydrogens is 337 g/mol. The van der Waals surface area contributed by atoms with Crippen molar-refractivity contribution in [3.8, 4) is 0 Å². The number of halogens is 2. The molecule has 5 heteroatoms. The molecular formula is C17H23Cl2NOS. The Morgan fingerprint density at radius 2 is 1.95 bits per heavy atom. The summed E-state index contributed by atoms with van der Waals surface area (Å²) in [5.41, 5.74) is 1.01.